The van der Waals surface area contributed by atoms with Gasteiger partial charge in [-0.1, -0.05) is 29.3 Å². The number of benzene rings is 2. The number of hydrogen-bond acceptors (Lipinski definition) is 4. The minimum atomic E-state index is -1.08. The van der Waals surface area contributed by atoms with Gasteiger partial charge in [0.05, 0.1) is 21.4 Å². The van der Waals surface area contributed by atoms with E-state index in [9.17, 15) is 9.00 Å². The zero-order valence-electron chi connectivity index (χ0n) is 19.1. The van der Waals surface area contributed by atoms with E-state index in [0.29, 0.717) is 34.9 Å². The van der Waals surface area contributed by atoms with Crippen molar-refractivity contribution in [2.24, 2.45) is 0 Å². The molecular formula is C25H28Cl2N2O3S. The Hall–Kier alpha value is -1.76. The summed E-state index contributed by atoms with van der Waals surface area (Å²) < 4.78 is 18.9. The summed E-state index contributed by atoms with van der Waals surface area (Å²) in [4.78, 5) is 18.0. The number of rotatable bonds is 1. The van der Waals surface area contributed by atoms with Gasteiger partial charge in [0.1, 0.15) is 5.60 Å². The van der Waals surface area contributed by atoms with Crippen molar-refractivity contribution in [2.45, 2.75) is 56.1 Å². The number of fused-ring (bicyclic) bond motifs is 3. The maximum absolute atomic E-state index is 13.2. The smallest absolute Gasteiger partial charge is 0.410 e. The number of ether oxygens (including phenoxy) is 1. The lowest BCUT2D eigenvalue weighted by molar-refractivity contribution is 0.0189. The highest BCUT2D eigenvalue weighted by atomic mass is 35.5. The molecule has 5 nitrogen and oxygen atoms in total. The molecule has 0 spiro atoms. The van der Waals surface area contributed by atoms with Gasteiger partial charge < -0.3 is 14.5 Å². The fourth-order valence-electron chi connectivity index (χ4n) is 5.30. The molecule has 1 fully saturated rings. The molecule has 1 saturated heterocycles. The Balaban J connectivity index is 1.58. The Kier molecular flexibility index (Phi) is 5.91. The van der Waals surface area contributed by atoms with Crippen LogP contribution in [0.5, 0.6) is 0 Å². The van der Waals surface area contributed by atoms with Gasteiger partial charge in [0, 0.05) is 53.0 Å². The van der Waals surface area contributed by atoms with Gasteiger partial charge in [-0.15, -0.1) is 0 Å². The first-order valence-electron chi connectivity index (χ1n) is 11.4. The summed E-state index contributed by atoms with van der Waals surface area (Å²) in [5, 5.41) is 1.15. The number of halogens is 2. The van der Waals surface area contributed by atoms with Gasteiger partial charge in [-0.2, -0.15) is 0 Å². The fourth-order valence-corrected chi connectivity index (χ4v) is 7.14. The Labute approximate surface area is 207 Å². The van der Waals surface area contributed by atoms with E-state index in [2.05, 4.69) is 11.0 Å². The molecule has 3 heterocycles. The van der Waals surface area contributed by atoms with Gasteiger partial charge in [-0.05, 0) is 69.0 Å². The number of anilines is 1. The number of carbonyl (C=O) groups is 1. The van der Waals surface area contributed by atoms with Crippen LogP contribution < -0.4 is 4.90 Å². The third kappa shape index (κ3) is 4.26. The highest BCUT2D eigenvalue weighted by Gasteiger charge is 2.46. The second-order valence-corrected chi connectivity index (χ2v) is 12.4. The lowest BCUT2D eigenvalue weighted by Crippen LogP contribution is -2.49. The lowest BCUT2D eigenvalue weighted by atomic mass is 9.88. The summed E-state index contributed by atoms with van der Waals surface area (Å²) in [6, 6.07) is 9.98. The second-order valence-electron chi connectivity index (χ2n) is 10.0. The molecule has 176 valence electrons. The van der Waals surface area contributed by atoms with Gasteiger partial charge in [-0.3, -0.25) is 4.21 Å². The van der Waals surface area contributed by atoms with Crippen LogP contribution in [0.1, 0.15) is 45.1 Å². The van der Waals surface area contributed by atoms with Gasteiger partial charge in [0.2, 0.25) is 0 Å². The van der Waals surface area contributed by atoms with Crippen LogP contribution in [0.3, 0.4) is 0 Å². The topological polar surface area (TPSA) is 49.9 Å². The van der Waals surface area contributed by atoms with Crippen LogP contribution >= 0.6 is 23.2 Å². The summed E-state index contributed by atoms with van der Waals surface area (Å²) >= 11 is 12.7. The summed E-state index contributed by atoms with van der Waals surface area (Å²) in [7, 11) is -1.08. The minimum absolute atomic E-state index is 0.140. The zero-order valence-corrected chi connectivity index (χ0v) is 21.4. The van der Waals surface area contributed by atoms with Crippen LogP contribution in [0.25, 0.3) is 11.1 Å². The van der Waals surface area contributed by atoms with Crippen molar-refractivity contribution in [1.29, 1.82) is 0 Å². The minimum Gasteiger partial charge on any atom is -0.444 e. The summed E-state index contributed by atoms with van der Waals surface area (Å²) in [5.41, 5.74) is 3.53. The van der Waals surface area contributed by atoms with E-state index in [0.717, 1.165) is 46.7 Å². The molecule has 2 aromatic rings. The van der Waals surface area contributed by atoms with E-state index in [1.807, 2.05) is 43.9 Å². The molecule has 1 unspecified atom stereocenters. The van der Waals surface area contributed by atoms with E-state index < -0.39 is 16.4 Å². The Morgan fingerprint density at radius 3 is 2.67 bits per heavy atom. The average Bonchev–Trinajstić information content (AvgIpc) is 2.94. The van der Waals surface area contributed by atoms with Crippen LogP contribution in [0.2, 0.25) is 10.0 Å². The number of carbonyl (C=O) groups excluding carboxylic acids is 1. The third-order valence-electron chi connectivity index (χ3n) is 6.64. The molecule has 5 rings (SSSR count). The first-order valence-corrected chi connectivity index (χ1v) is 13.5. The molecule has 3 aliphatic heterocycles. The van der Waals surface area contributed by atoms with Crippen molar-refractivity contribution in [3.8, 4) is 11.1 Å². The molecule has 0 saturated carbocycles. The Morgan fingerprint density at radius 1 is 1.15 bits per heavy atom. The Bertz CT molecular complexity index is 1150. The number of amides is 1. The number of likely N-dealkylation sites (tertiary alicyclic amines) is 1. The van der Waals surface area contributed by atoms with Crippen LogP contribution in [0, 0.1) is 0 Å². The van der Waals surface area contributed by atoms with E-state index in [1.165, 1.54) is 0 Å². The molecule has 1 amide bonds. The molecule has 3 atom stereocenters. The van der Waals surface area contributed by atoms with Crippen molar-refractivity contribution in [1.82, 2.24) is 4.90 Å². The van der Waals surface area contributed by atoms with E-state index in [1.54, 1.807) is 6.07 Å². The SMILES string of the molecule is CC(C)(C)OC(=O)N1CC[C@H]2[C@@H](C1)c1cc(-c3ccc(Cl)cc3Cl)cc3c1N2CCCS3=O. The van der Waals surface area contributed by atoms with Gasteiger partial charge in [0.15, 0.2) is 0 Å². The van der Waals surface area contributed by atoms with Gasteiger partial charge >= 0.3 is 6.09 Å². The maximum atomic E-state index is 13.2. The molecule has 0 bridgehead atoms. The van der Waals surface area contributed by atoms with Crippen molar-refractivity contribution >= 4 is 45.8 Å². The molecule has 0 aromatic heterocycles. The fraction of sp³-hybridized carbons (Fsp3) is 0.480. The van der Waals surface area contributed by atoms with Crippen LogP contribution in [-0.2, 0) is 15.5 Å². The normalized spacial score (nSPS) is 24.2. The van der Waals surface area contributed by atoms with Crippen molar-refractivity contribution in [3.05, 3.63) is 45.9 Å². The number of piperidine rings is 1. The van der Waals surface area contributed by atoms with Crippen LogP contribution in [0.15, 0.2) is 35.2 Å². The predicted octanol–water partition coefficient (Wildman–Crippen LogP) is 6.08. The average molecular weight is 507 g/mol. The predicted molar refractivity (Wildman–Crippen MR) is 134 cm³/mol. The summed E-state index contributed by atoms with van der Waals surface area (Å²) in [6.45, 7) is 7.81. The molecule has 3 aliphatic rings. The first kappa shape index (κ1) is 23.0. The standard InChI is InChI=1S/C25H28Cl2N2O3S/c1-25(2,3)32-24(30)28-9-7-21-19(14-28)18-11-15(17-6-5-16(26)13-20(17)27)12-22-23(18)29(21)8-4-10-33(22)31/h5-6,11-13,19,21H,4,7-10,14H2,1-3H3/t19-,21-,33?/m0/s1. The lowest BCUT2D eigenvalue weighted by Gasteiger charge is -2.39. The quantitative estimate of drug-likeness (QED) is 0.469. The highest BCUT2D eigenvalue weighted by molar-refractivity contribution is 7.85. The largest absolute Gasteiger partial charge is 0.444 e. The van der Waals surface area contributed by atoms with Crippen molar-refractivity contribution in [2.75, 3.05) is 30.3 Å². The Morgan fingerprint density at radius 2 is 1.94 bits per heavy atom. The molecule has 0 aliphatic carbocycles. The maximum Gasteiger partial charge on any atom is 0.410 e. The van der Waals surface area contributed by atoms with Crippen molar-refractivity contribution < 1.29 is 13.7 Å². The van der Waals surface area contributed by atoms with Crippen LogP contribution in [-0.4, -0.2) is 52.2 Å². The number of nitrogens with zero attached hydrogens (tertiary/aromatic N) is 2. The van der Waals surface area contributed by atoms with E-state index in [-0.39, 0.29) is 12.0 Å². The van der Waals surface area contributed by atoms with Gasteiger partial charge in [0.25, 0.3) is 0 Å². The molecule has 0 radical (unpaired) electrons. The molecular weight excluding hydrogens is 479 g/mol. The van der Waals surface area contributed by atoms with E-state index in [4.69, 9.17) is 27.9 Å². The zero-order chi connectivity index (χ0) is 23.5. The summed E-state index contributed by atoms with van der Waals surface area (Å²) in [5.74, 6) is 0.795. The summed E-state index contributed by atoms with van der Waals surface area (Å²) in [6.07, 6.45) is 1.48. The molecule has 2 aromatic carbocycles. The second kappa shape index (κ2) is 8.47. The first-order chi connectivity index (χ1) is 15.6. The monoisotopic (exact) mass is 506 g/mol. The molecule has 0 N–H and O–H groups in total. The van der Waals surface area contributed by atoms with Crippen molar-refractivity contribution in [3.63, 3.8) is 0 Å². The van der Waals surface area contributed by atoms with Gasteiger partial charge in [-0.25, -0.2) is 4.79 Å². The number of hydrogen-bond donors (Lipinski definition) is 0. The molecule has 8 heteroatoms. The highest BCUT2D eigenvalue weighted by Crippen LogP contribution is 2.50. The van der Waals surface area contributed by atoms with Crippen LogP contribution in [0.4, 0.5) is 10.5 Å². The van der Waals surface area contributed by atoms with E-state index >= 15 is 0 Å². The molecule has 33 heavy (non-hydrogen) atoms. The third-order valence-corrected chi connectivity index (χ3v) is 8.64.